The summed E-state index contributed by atoms with van der Waals surface area (Å²) in [6.45, 7) is 0. The summed E-state index contributed by atoms with van der Waals surface area (Å²) < 4.78 is 24.4. The van der Waals surface area contributed by atoms with Crippen LogP contribution in [0.5, 0.6) is 0 Å². The van der Waals surface area contributed by atoms with E-state index in [2.05, 4.69) is 9.71 Å². The Morgan fingerprint density at radius 3 is 2.54 bits per heavy atom. The third-order valence-electron chi connectivity index (χ3n) is 1.72. The third kappa shape index (κ3) is 3.52. The monoisotopic (exact) mass is 200 g/mol. The van der Waals surface area contributed by atoms with Crippen molar-refractivity contribution in [3.8, 4) is 0 Å². The van der Waals surface area contributed by atoms with Crippen LogP contribution in [0.25, 0.3) is 0 Å². The van der Waals surface area contributed by atoms with E-state index in [9.17, 15) is 8.42 Å². The lowest BCUT2D eigenvalue weighted by molar-refractivity contribution is 0.587. The molecule has 0 atom stereocenters. The molecule has 0 aliphatic heterocycles. The zero-order chi connectivity index (χ0) is 9.73. The SMILES string of the molecule is CNS(=O)(=O)CCc1ccncc1. The van der Waals surface area contributed by atoms with Crippen molar-refractivity contribution in [2.24, 2.45) is 0 Å². The average molecular weight is 200 g/mol. The predicted octanol–water partition coefficient (Wildman–Crippen LogP) is 0.173. The van der Waals surface area contributed by atoms with E-state index in [1.54, 1.807) is 12.4 Å². The smallest absolute Gasteiger partial charge is 0.211 e. The fraction of sp³-hybridized carbons (Fsp3) is 0.375. The first-order valence-corrected chi connectivity index (χ1v) is 5.59. The molecule has 0 saturated heterocycles. The maximum atomic E-state index is 11.0. The molecule has 0 amide bonds. The Hall–Kier alpha value is -0.940. The first kappa shape index (κ1) is 10.1. The van der Waals surface area contributed by atoms with Gasteiger partial charge in [0.2, 0.25) is 10.0 Å². The van der Waals surface area contributed by atoms with Gasteiger partial charge < -0.3 is 0 Å². The van der Waals surface area contributed by atoms with E-state index in [1.165, 1.54) is 7.05 Å². The average Bonchev–Trinajstić information content (AvgIpc) is 2.17. The van der Waals surface area contributed by atoms with Crippen molar-refractivity contribution in [1.82, 2.24) is 9.71 Å². The second kappa shape index (κ2) is 4.34. The molecule has 0 aliphatic carbocycles. The first-order chi connectivity index (χ1) is 6.14. The molecule has 13 heavy (non-hydrogen) atoms. The third-order valence-corrected chi connectivity index (χ3v) is 3.08. The number of pyridine rings is 1. The van der Waals surface area contributed by atoms with Crippen LogP contribution in [-0.4, -0.2) is 26.2 Å². The van der Waals surface area contributed by atoms with Gasteiger partial charge in [-0.3, -0.25) is 4.98 Å². The number of nitrogens with one attached hydrogen (secondary N) is 1. The van der Waals surface area contributed by atoms with Gasteiger partial charge in [0.05, 0.1) is 5.75 Å². The van der Waals surface area contributed by atoms with E-state index >= 15 is 0 Å². The Morgan fingerprint density at radius 2 is 2.00 bits per heavy atom. The molecule has 4 nitrogen and oxygen atoms in total. The van der Waals surface area contributed by atoms with Gasteiger partial charge in [-0.2, -0.15) is 0 Å². The molecule has 0 radical (unpaired) electrons. The maximum absolute atomic E-state index is 11.0. The number of sulfonamides is 1. The number of aromatic nitrogens is 1. The van der Waals surface area contributed by atoms with Gasteiger partial charge in [0, 0.05) is 12.4 Å². The summed E-state index contributed by atoms with van der Waals surface area (Å²) >= 11 is 0. The van der Waals surface area contributed by atoms with Crippen molar-refractivity contribution in [3.63, 3.8) is 0 Å². The van der Waals surface area contributed by atoms with Crippen molar-refractivity contribution in [3.05, 3.63) is 30.1 Å². The van der Waals surface area contributed by atoms with Gasteiger partial charge in [-0.1, -0.05) is 0 Å². The van der Waals surface area contributed by atoms with Crippen molar-refractivity contribution in [2.45, 2.75) is 6.42 Å². The lowest BCUT2D eigenvalue weighted by Crippen LogP contribution is -2.23. The summed E-state index contributed by atoms with van der Waals surface area (Å²) in [6.07, 6.45) is 3.83. The number of aryl methyl sites for hydroxylation is 1. The molecule has 0 bridgehead atoms. The van der Waals surface area contributed by atoms with Crippen LogP contribution in [-0.2, 0) is 16.4 Å². The minimum absolute atomic E-state index is 0.119. The van der Waals surface area contributed by atoms with Crippen LogP contribution in [0.4, 0.5) is 0 Å². The summed E-state index contributed by atoms with van der Waals surface area (Å²) in [5.41, 5.74) is 0.980. The zero-order valence-electron chi connectivity index (χ0n) is 7.40. The highest BCUT2D eigenvalue weighted by molar-refractivity contribution is 7.89. The largest absolute Gasteiger partial charge is 0.265 e. The van der Waals surface area contributed by atoms with Gasteiger partial charge in [-0.25, -0.2) is 13.1 Å². The fourth-order valence-electron chi connectivity index (χ4n) is 0.904. The Morgan fingerprint density at radius 1 is 1.38 bits per heavy atom. The summed E-state index contributed by atoms with van der Waals surface area (Å²) in [5.74, 6) is 0.119. The predicted molar refractivity (Wildman–Crippen MR) is 50.8 cm³/mol. The van der Waals surface area contributed by atoms with E-state index in [0.717, 1.165) is 5.56 Å². The minimum Gasteiger partial charge on any atom is -0.265 e. The molecule has 0 aromatic carbocycles. The molecule has 1 N–H and O–H groups in total. The van der Waals surface area contributed by atoms with Crippen LogP contribution in [0.3, 0.4) is 0 Å². The van der Waals surface area contributed by atoms with Crippen LogP contribution in [0.15, 0.2) is 24.5 Å². The molecule has 1 rings (SSSR count). The number of hydrogen-bond acceptors (Lipinski definition) is 3. The molecule has 0 unspecified atom stereocenters. The van der Waals surface area contributed by atoms with E-state index in [0.29, 0.717) is 6.42 Å². The Kier molecular flexibility index (Phi) is 3.39. The summed E-state index contributed by atoms with van der Waals surface area (Å²) in [6, 6.07) is 3.62. The Balaban J connectivity index is 2.54. The molecule has 5 heteroatoms. The molecule has 1 heterocycles. The summed E-state index contributed by atoms with van der Waals surface area (Å²) in [5, 5.41) is 0. The van der Waals surface area contributed by atoms with Gasteiger partial charge in [0.1, 0.15) is 0 Å². The molecule has 0 aliphatic rings. The van der Waals surface area contributed by atoms with Crippen LogP contribution in [0.1, 0.15) is 5.56 Å². The van der Waals surface area contributed by atoms with Crippen LogP contribution < -0.4 is 4.72 Å². The molecular formula is C8H12N2O2S. The molecular weight excluding hydrogens is 188 g/mol. The van der Waals surface area contributed by atoms with Crippen LogP contribution in [0, 0.1) is 0 Å². The highest BCUT2D eigenvalue weighted by Crippen LogP contribution is 1.99. The fourth-order valence-corrected chi connectivity index (χ4v) is 1.61. The van der Waals surface area contributed by atoms with Crippen molar-refractivity contribution in [2.75, 3.05) is 12.8 Å². The lowest BCUT2D eigenvalue weighted by Gasteiger charge is -2.01. The van der Waals surface area contributed by atoms with Crippen LogP contribution >= 0.6 is 0 Å². The number of nitrogens with zero attached hydrogens (tertiary/aromatic N) is 1. The van der Waals surface area contributed by atoms with E-state index in [-0.39, 0.29) is 5.75 Å². The van der Waals surface area contributed by atoms with Crippen LogP contribution in [0.2, 0.25) is 0 Å². The topological polar surface area (TPSA) is 59.1 Å². The molecule has 1 aromatic heterocycles. The second-order valence-electron chi connectivity index (χ2n) is 2.63. The van der Waals surface area contributed by atoms with E-state index in [4.69, 9.17) is 0 Å². The summed E-state index contributed by atoms with van der Waals surface area (Å²) in [7, 11) is -1.67. The molecule has 72 valence electrons. The number of hydrogen-bond donors (Lipinski definition) is 1. The van der Waals surface area contributed by atoms with Gasteiger partial charge in [0.25, 0.3) is 0 Å². The normalized spacial score (nSPS) is 11.5. The molecule has 1 aromatic rings. The Bertz CT molecular complexity index is 348. The quantitative estimate of drug-likeness (QED) is 0.754. The van der Waals surface area contributed by atoms with Crippen molar-refractivity contribution in [1.29, 1.82) is 0 Å². The maximum Gasteiger partial charge on any atom is 0.211 e. The minimum atomic E-state index is -3.09. The Labute approximate surface area is 78.1 Å². The molecule has 0 saturated carbocycles. The van der Waals surface area contributed by atoms with Gasteiger partial charge in [-0.05, 0) is 31.2 Å². The number of rotatable bonds is 4. The van der Waals surface area contributed by atoms with Gasteiger partial charge in [-0.15, -0.1) is 0 Å². The first-order valence-electron chi connectivity index (χ1n) is 3.94. The van der Waals surface area contributed by atoms with Gasteiger partial charge >= 0.3 is 0 Å². The van der Waals surface area contributed by atoms with E-state index < -0.39 is 10.0 Å². The zero-order valence-corrected chi connectivity index (χ0v) is 8.21. The highest BCUT2D eigenvalue weighted by Gasteiger charge is 2.06. The summed E-state index contributed by atoms with van der Waals surface area (Å²) in [4.78, 5) is 3.84. The standard InChI is InChI=1S/C8H12N2O2S/c1-9-13(11,12)7-4-8-2-5-10-6-3-8/h2-3,5-6,9H,4,7H2,1H3. The lowest BCUT2D eigenvalue weighted by atomic mass is 10.2. The second-order valence-corrected chi connectivity index (χ2v) is 4.67. The van der Waals surface area contributed by atoms with Gasteiger partial charge in [0.15, 0.2) is 0 Å². The molecule has 0 spiro atoms. The molecule has 0 fully saturated rings. The van der Waals surface area contributed by atoms with Crippen molar-refractivity contribution >= 4 is 10.0 Å². The highest BCUT2D eigenvalue weighted by atomic mass is 32.2. The van der Waals surface area contributed by atoms with E-state index in [1.807, 2.05) is 12.1 Å². The van der Waals surface area contributed by atoms with Crippen molar-refractivity contribution < 1.29 is 8.42 Å².